The van der Waals surface area contributed by atoms with Crippen LogP contribution >= 0.6 is 22.9 Å². The topological polar surface area (TPSA) is 34.9 Å². The van der Waals surface area contributed by atoms with Crippen molar-refractivity contribution in [2.45, 2.75) is 13.5 Å². The molecule has 0 amide bonds. The molecule has 0 aliphatic carbocycles. The van der Waals surface area contributed by atoms with Gasteiger partial charge in [0.2, 0.25) is 0 Å². The molecule has 0 aliphatic heterocycles. The van der Waals surface area contributed by atoms with E-state index in [2.05, 4.69) is 5.10 Å². The highest BCUT2D eigenvalue weighted by Gasteiger charge is 2.05. The van der Waals surface area contributed by atoms with Crippen molar-refractivity contribution in [2.75, 3.05) is 0 Å². The fourth-order valence-corrected chi connectivity index (χ4v) is 2.20. The molecule has 0 radical (unpaired) electrons. The number of rotatable bonds is 4. The molecular weight excluding hydrogens is 256 g/mol. The highest BCUT2D eigenvalue weighted by Crippen LogP contribution is 2.16. The van der Waals surface area contributed by atoms with Crippen molar-refractivity contribution < 1.29 is 4.79 Å². The number of aromatic nitrogens is 2. The molecule has 0 aliphatic rings. The Hall–Kier alpha value is -1.39. The van der Waals surface area contributed by atoms with Gasteiger partial charge in [0.15, 0.2) is 5.78 Å². The molecule has 2 heterocycles. The summed E-state index contributed by atoms with van der Waals surface area (Å²) in [6, 6.07) is 3.65. The second kappa shape index (κ2) is 5.29. The van der Waals surface area contributed by atoms with E-state index in [0.29, 0.717) is 15.6 Å². The number of ketones is 1. The molecule has 0 aromatic carbocycles. The van der Waals surface area contributed by atoms with Gasteiger partial charge in [-0.25, -0.2) is 0 Å². The molecule has 0 fully saturated rings. The van der Waals surface area contributed by atoms with Crippen LogP contribution in [0.4, 0.5) is 0 Å². The Morgan fingerprint density at radius 2 is 2.47 bits per heavy atom. The zero-order valence-electron chi connectivity index (χ0n) is 9.26. The van der Waals surface area contributed by atoms with E-state index in [1.54, 1.807) is 23.0 Å². The van der Waals surface area contributed by atoms with Crippen LogP contribution in [0.1, 0.15) is 22.3 Å². The van der Waals surface area contributed by atoms with Gasteiger partial charge in [-0.3, -0.25) is 9.48 Å². The number of carbonyl (C=O) groups is 1. The van der Waals surface area contributed by atoms with Crippen LogP contribution in [0.15, 0.2) is 29.8 Å². The molecule has 0 unspecified atom stereocenters. The Kier molecular flexibility index (Phi) is 3.76. The van der Waals surface area contributed by atoms with Crippen LogP contribution in [0.25, 0.3) is 6.08 Å². The van der Waals surface area contributed by atoms with E-state index in [-0.39, 0.29) is 5.78 Å². The summed E-state index contributed by atoms with van der Waals surface area (Å²) in [4.78, 5) is 12.4. The predicted octanol–water partition coefficient (Wildman–Crippen LogP) is 3.51. The minimum atomic E-state index is -0.0258. The van der Waals surface area contributed by atoms with Gasteiger partial charge in [0, 0.05) is 12.7 Å². The van der Waals surface area contributed by atoms with Crippen LogP contribution in [-0.4, -0.2) is 15.6 Å². The average Bonchev–Trinajstić information content (AvgIpc) is 2.95. The first-order valence-electron chi connectivity index (χ1n) is 5.19. The molecule has 2 rings (SSSR count). The molecule has 88 valence electrons. The molecule has 0 atom stereocenters. The van der Waals surface area contributed by atoms with Crippen LogP contribution in [-0.2, 0) is 6.54 Å². The molecule has 17 heavy (non-hydrogen) atoms. The quantitative estimate of drug-likeness (QED) is 0.627. The monoisotopic (exact) mass is 266 g/mol. The van der Waals surface area contributed by atoms with Gasteiger partial charge in [-0.1, -0.05) is 17.7 Å². The molecule has 0 bridgehead atoms. The first-order chi connectivity index (χ1) is 8.20. The van der Waals surface area contributed by atoms with Crippen molar-refractivity contribution in [3.63, 3.8) is 0 Å². The first-order valence-corrected chi connectivity index (χ1v) is 6.45. The number of hydrogen-bond acceptors (Lipinski definition) is 3. The summed E-state index contributed by atoms with van der Waals surface area (Å²) in [5, 5.41) is 6.66. The van der Waals surface area contributed by atoms with Crippen molar-refractivity contribution in [1.29, 1.82) is 0 Å². The van der Waals surface area contributed by atoms with Crippen LogP contribution in [0.3, 0.4) is 0 Å². The molecule has 0 N–H and O–H groups in total. The van der Waals surface area contributed by atoms with Crippen LogP contribution < -0.4 is 0 Å². The summed E-state index contributed by atoms with van der Waals surface area (Å²) in [7, 11) is 0. The van der Waals surface area contributed by atoms with E-state index >= 15 is 0 Å². The lowest BCUT2D eigenvalue weighted by atomic mass is 10.2. The zero-order valence-corrected chi connectivity index (χ0v) is 10.8. The maximum Gasteiger partial charge on any atom is 0.195 e. The molecule has 5 heteroatoms. The van der Waals surface area contributed by atoms with Crippen LogP contribution in [0.2, 0.25) is 5.02 Å². The molecular formula is C12H11ClN2OS. The lowest BCUT2D eigenvalue weighted by molar-refractivity contribution is 0.105. The summed E-state index contributed by atoms with van der Waals surface area (Å²) in [6.07, 6.45) is 4.90. The van der Waals surface area contributed by atoms with Gasteiger partial charge in [0.05, 0.1) is 9.90 Å². The van der Waals surface area contributed by atoms with Crippen molar-refractivity contribution >= 4 is 34.8 Å². The van der Waals surface area contributed by atoms with E-state index < -0.39 is 0 Å². The third kappa shape index (κ3) is 2.84. The van der Waals surface area contributed by atoms with Crippen molar-refractivity contribution in [3.8, 4) is 0 Å². The Labute approximate surface area is 108 Å². The third-order valence-electron chi connectivity index (χ3n) is 2.22. The Morgan fingerprint density at radius 1 is 1.65 bits per heavy atom. The summed E-state index contributed by atoms with van der Waals surface area (Å²) < 4.78 is 1.73. The minimum absolute atomic E-state index is 0.0258. The molecule has 0 saturated heterocycles. The van der Waals surface area contributed by atoms with E-state index in [4.69, 9.17) is 11.6 Å². The first kappa shape index (κ1) is 12.1. The summed E-state index contributed by atoms with van der Waals surface area (Å²) >= 11 is 7.41. The number of halogens is 1. The number of nitrogens with zero attached hydrogens (tertiary/aromatic N) is 2. The Morgan fingerprint density at radius 3 is 3.06 bits per heavy atom. The zero-order chi connectivity index (χ0) is 12.3. The van der Waals surface area contributed by atoms with Crippen LogP contribution in [0.5, 0.6) is 0 Å². The third-order valence-corrected chi connectivity index (χ3v) is 3.40. The normalized spacial score (nSPS) is 11.2. The second-order valence-electron chi connectivity index (χ2n) is 3.39. The lowest BCUT2D eigenvalue weighted by Crippen LogP contribution is -1.94. The number of thiophene rings is 1. The highest BCUT2D eigenvalue weighted by atomic mass is 35.5. The lowest BCUT2D eigenvalue weighted by Gasteiger charge is -1.90. The van der Waals surface area contributed by atoms with Crippen molar-refractivity contribution in [3.05, 3.63) is 45.4 Å². The maximum absolute atomic E-state index is 11.7. The Balaban J connectivity index is 2.15. The summed E-state index contributed by atoms with van der Waals surface area (Å²) in [5.74, 6) is -0.0258. The number of allylic oxidation sites excluding steroid dienone is 1. The highest BCUT2D eigenvalue weighted by molar-refractivity contribution is 7.12. The number of hydrogen-bond donors (Lipinski definition) is 0. The summed E-state index contributed by atoms with van der Waals surface area (Å²) in [6.45, 7) is 2.74. The van der Waals surface area contributed by atoms with Gasteiger partial charge < -0.3 is 0 Å². The van der Waals surface area contributed by atoms with Gasteiger partial charge in [-0.15, -0.1) is 11.3 Å². The fraction of sp³-hybridized carbons (Fsp3) is 0.167. The Bertz CT molecular complexity index is 543. The van der Waals surface area contributed by atoms with Crippen molar-refractivity contribution in [1.82, 2.24) is 9.78 Å². The van der Waals surface area contributed by atoms with Gasteiger partial charge in [0.1, 0.15) is 5.69 Å². The molecule has 0 saturated carbocycles. The van der Waals surface area contributed by atoms with E-state index in [0.717, 1.165) is 6.54 Å². The van der Waals surface area contributed by atoms with Gasteiger partial charge >= 0.3 is 0 Å². The standard InChI is InChI=1S/C12H11ClN2OS/c1-2-15-8-9(13)10(14-15)5-6-11(16)12-4-3-7-17-12/h3-8H,2H2,1H3/b6-5+. The number of carbonyl (C=O) groups excluding carboxylic acids is 1. The minimum Gasteiger partial charge on any atom is -0.288 e. The molecule has 2 aromatic heterocycles. The summed E-state index contributed by atoms with van der Waals surface area (Å²) in [5.41, 5.74) is 0.624. The predicted molar refractivity (Wildman–Crippen MR) is 70.6 cm³/mol. The largest absolute Gasteiger partial charge is 0.288 e. The molecule has 3 nitrogen and oxygen atoms in total. The van der Waals surface area contributed by atoms with E-state index in [9.17, 15) is 4.79 Å². The van der Waals surface area contributed by atoms with Gasteiger partial charge in [-0.05, 0) is 30.5 Å². The smallest absolute Gasteiger partial charge is 0.195 e. The van der Waals surface area contributed by atoms with Crippen molar-refractivity contribution in [2.24, 2.45) is 0 Å². The fourth-order valence-electron chi connectivity index (χ4n) is 1.34. The average molecular weight is 267 g/mol. The molecule has 2 aromatic rings. The van der Waals surface area contributed by atoms with Gasteiger partial charge in [-0.2, -0.15) is 5.10 Å². The SMILES string of the molecule is CCn1cc(Cl)c(/C=C/C(=O)c2cccs2)n1. The molecule has 0 spiro atoms. The number of aryl methyl sites for hydroxylation is 1. The van der Waals surface area contributed by atoms with Gasteiger partial charge in [0.25, 0.3) is 0 Å². The van der Waals surface area contributed by atoms with Crippen LogP contribution in [0, 0.1) is 0 Å². The van der Waals surface area contributed by atoms with E-state index in [1.807, 2.05) is 18.4 Å². The second-order valence-corrected chi connectivity index (χ2v) is 4.75. The van der Waals surface area contributed by atoms with E-state index in [1.165, 1.54) is 17.4 Å². The maximum atomic E-state index is 11.7.